The summed E-state index contributed by atoms with van der Waals surface area (Å²) in [4.78, 5) is 0. The molecule has 0 saturated carbocycles. The minimum atomic E-state index is 0.480. The first-order valence-corrected chi connectivity index (χ1v) is 4.29. The average molecular weight is 178 g/mol. The van der Waals surface area contributed by atoms with E-state index >= 15 is 0 Å². The van der Waals surface area contributed by atoms with Gasteiger partial charge in [0.2, 0.25) is 0 Å². The number of nitrogens with zero attached hydrogens (tertiary/aromatic N) is 3. The third-order valence-electron chi connectivity index (χ3n) is 1.82. The van der Waals surface area contributed by atoms with Gasteiger partial charge in [0, 0.05) is 6.54 Å². The molecular weight excluding hydrogens is 164 g/mol. The molecule has 0 bridgehead atoms. The lowest BCUT2D eigenvalue weighted by molar-refractivity contribution is 0.486. The van der Waals surface area contributed by atoms with E-state index in [4.69, 9.17) is 11.0 Å². The summed E-state index contributed by atoms with van der Waals surface area (Å²) in [5.41, 5.74) is 6.95. The summed E-state index contributed by atoms with van der Waals surface area (Å²) in [6, 6.07) is 2.05. The Balaban J connectivity index is 3.05. The highest BCUT2D eigenvalue weighted by molar-refractivity contribution is 5.51. The maximum absolute atomic E-state index is 8.76. The number of anilines is 1. The minimum absolute atomic E-state index is 0.480. The van der Waals surface area contributed by atoms with Crippen LogP contribution in [0.2, 0.25) is 0 Å². The predicted molar refractivity (Wildman–Crippen MR) is 50.9 cm³/mol. The van der Waals surface area contributed by atoms with E-state index in [0.717, 1.165) is 6.54 Å². The second-order valence-corrected chi connectivity index (χ2v) is 3.53. The van der Waals surface area contributed by atoms with E-state index in [2.05, 4.69) is 18.9 Å². The average Bonchev–Trinajstić information content (AvgIpc) is 2.26. The molecular formula is C9H14N4. The molecule has 2 N–H and O–H groups in total. The van der Waals surface area contributed by atoms with Crippen LogP contribution < -0.4 is 5.73 Å². The fraction of sp³-hybridized carbons (Fsp3) is 0.556. The first-order valence-electron chi connectivity index (χ1n) is 4.29. The lowest BCUT2D eigenvalue weighted by Crippen LogP contribution is -2.09. The van der Waals surface area contributed by atoms with Crippen molar-refractivity contribution in [3.63, 3.8) is 0 Å². The third kappa shape index (κ3) is 1.81. The molecule has 0 aliphatic carbocycles. The Morgan fingerprint density at radius 2 is 2.23 bits per heavy atom. The number of aromatic nitrogens is 2. The Hall–Kier alpha value is -1.50. The van der Waals surface area contributed by atoms with Crippen LogP contribution in [0.3, 0.4) is 0 Å². The number of rotatable bonds is 2. The van der Waals surface area contributed by atoms with E-state index in [9.17, 15) is 0 Å². The van der Waals surface area contributed by atoms with Gasteiger partial charge < -0.3 is 5.73 Å². The van der Waals surface area contributed by atoms with Crippen LogP contribution in [-0.4, -0.2) is 9.78 Å². The van der Waals surface area contributed by atoms with Crippen molar-refractivity contribution in [2.45, 2.75) is 27.3 Å². The normalized spacial score (nSPS) is 10.4. The highest BCUT2D eigenvalue weighted by Gasteiger charge is 2.11. The Labute approximate surface area is 78.0 Å². The Bertz CT molecular complexity index is 343. The van der Waals surface area contributed by atoms with Crippen LogP contribution in [0.25, 0.3) is 0 Å². The smallest absolute Gasteiger partial charge is 0.140 e. The van der Waals surface area contributed by atoms with Crippen LogP contribution in [-0.2, 0) is 6.54 Å². The fourth-order valence-electron chi connectivity index (χ4n) is 1.22. The van der Waals surface area contributed by atoms with E-state index in [1.807, 2.05) is 6.07 Å². The van der Waals surface area contributed by atoms with Crippen molar-refractivity contribution in [2.24, 2.45) is 5.92 Å². The van der Waals surface area contributed by atoms with E-state index in [0.29, 0.717) is 23.0 Å². The van der Waals surface area contributed by atoms with E-state index in [-0.39, 0.29) is 0 Å². The van der Waals surface area contributed by atoms with Crippen LogP contribution >= 0.6 is 0 Å². The van der Waals surface area contributed by atoms with Gasteiger partial charge >= 0.3 is 0 Å². The lowest BCUT2D eigenvalue weighted by Gasteiger charge is -2.05. The van der Waals surface area contributed by atoms with Gasteiger partial charge in [0.25, 0.3) is 0 Å². The maximum Gasteiger partial charge on any atom is 0.140 e. The molecule has 4 nitrogen and oxygen atoms in total. The van der Waals surface area contributed by atoms with Gasteiger partial charge in [0.05, 0.1) is 5.69 Å². The summed E-state index contributed by atoms with van der Waals surface area (Å²) in [7, 11) is 0. The van der Waals surface area contributed by atoms with E-state index < -0.39 is 0 Å². The summed E-state index contributed by atoms with van der Waals surface area (Å²) in [6.45, 7) is 6.73. The van der Waals surface area contributed by atoms with Crippen molar-refractivity contribution in [2.75, 3.05) is 5.73 Å². The Kier molecular flexibility index (Phi) is 2.57. The molecule has 70 valence electrons. The topological polar surface area (TPSA) is 67.6 Å². The quantitative estimate of drug-likeness (QED) is 0.742. The lowest BCUT2D eigenvalue weighted by atomic mass is 10.2. The molecule has 0 aliphatic rings. The second-order valence-electron chi connectivity index (χ2n) is 3.53. The molecule has 13 heavy (non-hydrogen) atoms. The van der Waals surface area contributed by atoms with Crippen LogP contribution in [0, 0.1) is 24.2 Å². The maximum atomic E-state index is 8.76. The first kappa shape index (κ1) is 9.59. The van der Waals surface area contributed by atoms with Gasteiger partial charge in [-0.2, -0.15) is 10.4 Å². The van der Waals surface area contributed by atoms with Gasteiger partial charge in [-0.1, -0.05) is 13.8 Å². The van der Waals surface area contributed by atoms with Crippen molar-refractivity contribution < 1.29 is 0 Å². The van der Waals surface area contributed by atoms with Crippen LogP contribution in [0.15, 0.2) is 0 Å². The molecule has 0 aliphatic heterocycles. The monoisotopic (exact) mass is 178 g/mol. The van der Waals surface area contributed by atoms with Gasteiger partial charge in [0.15, 0.2) is 0 Å². The molecule has 0 atom stereocenters. The number of hydrogen-bond donors (Lipinski definition) is 1. The number of nitrogen functional groups attached to an aromatic ring is 1. The van der Waals surface area contributed by atoms with Gasteiger partial charge in [-0.15, -0.1) is 0 Å². The number of nitriles is 1. The van der Waals surface area contributed by atoms with Crippen molar-refractivity contribution in [3.8, 4) is 6.07 Å². The SMILES string of the molecule is Cc1nn(CC(C)C)c(N)c1C#N. The van der Waals surface area contributed by atoms with E-state index in [1.54, 1.807) is 11.6 Å². The molecule has 0 fully saturated rings. The zero-order chi connectivity index (χ0) is 10.0. The highest BCUT2D eigenvalue weighted by atomic mass is 15.3. The summed E-state index contributed by atoms with van der Waals surface area (Å²) in [5, 5.41) is 13.0. The number of hydrogen-bond acceptors (Lipinski definition) is 3. The number of nitrogens with two attached hydrogens (primary N) is 1. The fourth-order valence-corrected chi connectivity index (χ4v) is 1.22. The second kappa shape index (κ2) is 3.48. The van der Waals surface area contributed by atoms with Crippen LogP contribution in [0.4, 0.5) is 5.82 Å². The van der Waals surface area contributed by atoms with E-state index in [1.165, 1.54) is 0 Å². The van der Waals surface area contributed by atoms with Crippen molar-refractivity contribution in [3.05, 3.63) is 11.3 Å². The predicted octanol–water partition coefficient (Wildman–Crippen LogP) is 1.30. The molecule has 1 aromatic heterocycles. The highest BCUT2D eigenvalue weighted by Crippen LogP contribution is 2.15. The molecule has 0 saturated heterocycles. The first-order chi connectivity index (χ1) is 6.06. The minimum Gasteiger partial charge on any atom is -0.383 e. The van der Waals surface area contributed by atoms with Gasteiger partial charge in [-0.05, 0) is 12.8 Å². The molecule has 0 radical (unpaired) electrons. The summed E-state index contributed by atoms with van der Waals surface area (Å²) in [5.74, 6) is 0.960. The molecule has 1 rings (SSSR count). The van der Waals surface area contributed by atoms with Gasteiger partial charge in [-0.3, -0.25) is 0 Å². The van der Waals surface area contributed by atoms with Crippen LogP contribution in [0.5, 0.6) is 0 Å². The molecule has 0 unspecified atom stereocenters. The standard InChI is InChI=1S/C9H14N4/c1-6(2)5-13-9(11)8(4-10)7(3)12-13/h6H,5,11H2,1-3H3. The van der Waals surface area contributed by atoms with Crippen molar-refractivity contribution in [1.29, 1.82) is 5.26 Å². The Morgan fingerprint density at radius 3 is 2.62 bits per heavy atom. The molecule has 0 spiro atoms. The zero-order valence-electron chi connectivity index (χ0n) is 8.20. The molecule has 4 heteroatoms. The van der Waals surface area contributed by atoms with Gasteiger partial charge in [0.1, 0.15) is 17.5 Å². The molecule has 0 amide bonds. The number of aryl methyl sites for hydroxylation is 1. The van der Waals surface area contributed by atoms with Crippen LogP contribution in [0.1, 0.15) is 25.1 Å². The summed E-state index contributed by atoms with van der Waals surface area (Å²) < 4.78 is 1.69. The molecule has 1 heterocycles. The zero-order valence-corrected chi connectivity index (χ0v) is 8.20. The van der Waals surface area contributed by atoms with Crippen molar-refractivity contribution >= 4 is 5.82 Å². The summed E-state index contributed by atoms with van der Waals surface area (Å²) in [6.07, 6.45) is 0. The largest absolute Gasteiger partial charge is 0.383 e. The van der Waals surface area contributed by atoms with Gasteiger partial charge in [-0.25, -0.2) is 4.68 Å². The Morgan fingerprint density at radius 1 is 1.62 bits per heavy atom. The van der Waals surface area contributed by atoms with Crippen molar-refractivity contribution in [1.82, 2.24) is 9.78 Å². The third-order valence-corrected chi connectivity index (χ3v) is 1.82. The molecule has 0 aromatic carbocycles. The molecule has 1 aromatic rings. The summed E-state index contributed by atoms with van der Waals surface area (Å²) >= 11 is 0.